The Labute approximate surface area is 127 Å². The maximum absolute atomic E-state index is 10.5. The highest BCUT2D eigenvalue weighted by Gasteiger charge is 2.22. The van der Waals surface area contributed by atoms with Gasteiger partial charge < -0.3 is 9.84 Å². The van der Waals surface area contributed by atoms with E-state index < -0.39 is 6.10 Å². The number of aliphatic hydroxyl groups excluding tert-OH is 1. The summed E-state index contributed by atoms with van der Waals surface area (Å²) in [7, 11) is 3.33. The van der Waals surface area contributed by atoms with Gasteiger partial charge in [0.25, 0.3) is 0 Å². The van der Waals surface area contributed by atoms with Crippen molar-refractivity contribution in [1.82, 2.24) is 9.78 Å². The average Bonchev–Trinajstić information content (AvgIpc) is 2.68. The predicted molar refractivity (Wildman–Crippen MR) is 79.6 cm³/mol. The lowest BCUT2D eigenvalue weighted by atomic mass is 10.0. The fourth-order valence-electron chi connectivity index (χ4n) is 2.29. The van der Waals surface area contributed by atoms with E-state index in [9.17, 15) is 5.11 Å². The quantitative estimate of drug-likeness (QED) is 0.941. The van der Waals surface area contributed by atoms with E-state index in [1.165, 1.54) is 0 Å². The molecule has 0 radical (unpaired) electrons. The highest BCUT2D eigenvalue weighted by Crippen LogP contribution is 2.32. The summed E-state index contributed by atoms with van der Waals surface area (Å²) in [5.74, 6) is 0.549. The Balaban J connectivity index is 2.33. The number of benzene rings is 1. The van der Waals surface area contributed by atoms with Gasteiger partial charge in [-0.1, -0.05) is 23.2 Å². The molecule has 20 heavy (non-hydrogen) atoms. The van der Waals surface area contributed by atoms with Crippen LogP contribution in [0.3, 0.4) is 0 Å². The zero-order valence-electron chi connectivity index (χ0n) is 11.5. The molecule has 1 aromatic carbocycles. The van der Waals surface area contributed by atoms with E-state index in [0.29, 0.717) is 27.9 Å². The third kappa shape index (κ3) is 2.92. The molecule has 1 aromatic heterocycles. The van der Waals surface area contributed by atoms with Crippen LogP contribution in [0.1, 0.15) is 22.9 Å². The van der Waals surface area contributed by atoms with Crippen molar-refractivity contribution in [3.63, 3.8) is 0 Å². The minimum Gasteiger partial charge on any atom is -0.481 e. The van der Waals surface area contributed by atoms with Gasteiger partial charge in [-0.15, -0.1) is 0 Å². The van der Waals surface area contributed by atoms with Crippen molar-refractivity contribution in [3.05, 3.63) is 45.1 Å². The first-order valence-corrected chi connectivity index (χ1v) is 6.89. The van der Waals surface area contributed by atoms with Crippen molar-refractivity contribution in [2.45, 2.75) is 19.4 Å². The number of hydrogen-bond donors (Lipinski definition) is 1. The molecule has 1 unspecified atom stereocenters. The van der Waals surface area contributed by atoms with Gasteiger partial charge in [-0.25, -0.2) is 4.68 Å². The molecule has 6 heteroatoms. The first kappa shape index (κ1) is 15.2. The number of aromatic nitrogens is 2. The number of rotatable bonds is 4. The first-order chi connectivity index (χ1) is 9.43. The molecule has 2 rings (SSSR count). The summed E-state index contributed by atoms with van der Waals surface area (Å²) >= 11 is 12.1. The molecular formula is C14H16Cl2N2O2. The van der Waals surface area contributed by atoms with E-state index in [-0.39, 0.29) is 0 Å². The number of ether oxygens (including phenoxy) is 1. The molecule has 0 saturated heterocycles. The Morgan fingerprint density at radius 2 is 2.10 bits per heavy atom. The van der Waals surface area contributed by atoms with E-state index in [1.54, 1.807) is 37.0 Å². The standard InChI is InChI=1S/C14H16Cl2N2O2/c1-8-13(14(20-3)18(2)17-8)12(19)7-9-6-10(15)4-5-11(9)16/h4-6,12,19H,7H2,1-3H3. The van der Waals surface area contributed by atoms with Crippen LogP contribution in [0, 0.1) is 6.92 Å². The van der Waals surface area contributed by atoms with E-state index in [2.05, 4.69) is 5.10 Å². The van der Waals surface area contributed by atoms with Crippen molar-refractivity contribution < 1.29 is 9.84 Å². The van der Waals surface area contributed by atoms with Gasteiger partial charge in [0.15, 0.2) is 0 Å². The van der Waals surface area contributed by atoms with Crippen molar-refractivity contribution in [3.8, 4) is 5.88 Å². The Morgan fingerprint density at radius 3 is 2.75 bits per heavy atom. The second kappa shape index (κ2) is 6.04. The first-order valence-electron chi connectivity index (χ1n) is 6.13. The van der Waals surface area contributed by atoms with Gasteiger partial charge in [-0.3, -0.25) is 0 Å². The topological polar surface area (TPSA) is 47.3 Å². The second-order valence-corrected chi connectivity index (χ2v) is 5.43. The van der Waals surface area contributed by atoms with E-state index in [0.717, 1.165) is 11.3 Å². The molecule has 2 aromatic rings. The second-order valence-electron chi connectivity index (χ2n) is 4.59. The van der Waals surface area contributed by atoms with Crippen LogP contribution in [-0.2, 0) is 13.5 Å². The fraction of sp³-hybridized carbons (Fsp3) is 0.357. The van der Waals surface area contributed by atoms with Crippen molar-refractivity contribution in [1.29, 1.82) is 0 Å². The lowest BCUT2D eigenvalue weighted by molar-refractivity contribution is 0.172. The third-order valence-electron chi connectivity index (χ3n) is 3.16. The molecule has 1 atom stereocenters. The number of nitrogens with zero attached hydrogens (tertiary/aromatic N) is 2. The van der Waals surface area contributed by atoms with Gasteiger partial charge in [0.2, 0.25) is 5.88 Å². The molecule has 4 nitrogen and oxygen atoms in total. The number of halogens is 2. The fourth-order valence-corrected chi connectivity index (χ4v) is 2.68. The van der Waals surface area contributed by atoms with Gasteiger partial charge in [-0.2, -0.15) is 5.10 Å². The summed E-state index contributed by atoms with van der Waals surface area (Å²) in [6, 6.07) is 5.19. The molecule has 1 heterocycles. The van der Waals surface area contributed by atoms with Crippen molar-refractivity contribution in [2.75, 3.05) is 7.11 Å². The van der Waals surface area contributed by atoms with Crippen LogP contribution >= 0.6 is 23.2 Å². The van der Waals surface area contributed by atoms with Gasteiger partial charge >= 0.3 is 0 Å². The zero-order valence-corrected chi connectivity index (χ0v) is 13.0. The van der Waals surface area contributed by atoms with E-state index in [4.69, 9.17) is 27.9 Å². The number of hydrogen-bond acceptors (Lipinski definition) is 3. The average molecular weight is 315 g/mol. The molecule has 0 aliphatic carbocycles. The summed E-state index contributed by atoms with van der Waals surface area (Å²) in [5.41, 5.74) is 2.19. The largest absolute Gasteiger partial charge is 0.481 e. The summed E-state index contributed by atoms with van der Waals surface area (Å²) in [4.78, 5) is 0. The van der Waals surface area contributed by atoms with Gasteiger partial charge in [-0.05, 0) is 30.7 Å². The molecule has 0 fully saturated rings. The molecule has 0 bridgehead atoms. The summed E-state index contributed by atoms with van der Waals surface area (Å²) in [5, 5.41) is 15.9. The lowest BCUT2D eigenvalue weighted by Gasteiger charge is -2.13. The van der Waals surface area contributed by atoms with Gasteiger partial charge in [0.05, 0.1) is 24.5 Å². The van der Waals surface area contributed by atoms with Crippen LogP contribution in [0.25, 0.3) is 0 Å². The smallest absolute Gasteiger partial charge is 0.217 e. The van der Waals surface area contributed by atoms with Crippen LogP contribution in [0.5, 0.6) is 5.88 Å². The highest BCUT2D eigenvalue weighted by molar-refractivity contribution is 6.33. The molecular weight excluding hydrogens is 299 g/mol. The summed E-state index contributed by atoms with van der Waals surface area (Å²) in [6.07, 6.45) is -0.405. The van der Waals surface area contributed by atoms with Gasteiger partial charge in [0, 0.05) is 23.5 Å². The van der Waals surface area contributed by atoms with E-state index >= 15 is 0 Å². The maximum atomic E-state index is 10.5. The number of methoxy groups -OCH3 is 1. The van der Waals surface area contributed by atoms with Crippen LogP contribution in [0.4, 0.5) is 0 Å². The third-order valence-corrected chi connectivity index (χ3v) is 3.77. The van der Waals surface area contributed by atoms with Gasteiger partial charge in [0.1, 0.15) is 0 Å². The molecule has 0 saturated carbocycles. The molecule has 0 spiro atoms. The number of aliphatic hydroxyl groups is 1. The van der Waals surface area contributed by atoms with Crippen molar-refractivity contribution in [2.24, 2.45) is 7.05 Å². The molecule has 0 amide bonds. The highest BCUT2D eigenvalue weighted by atomic mass is 35.5. The normalized spacial score (nSPS) is 12.5. The summed E-state index contributed by atoms with van der Waals surface area (Å²) < 4.78 is 6.90. The van der Waals surface area contributed by atoms with E-state index in [1.807, 2.05) is 6.92 Å². The molecule has 108 valence electrons. The maximum Gasteiger partial charge on any atom is 0.217 e. The minimum absolute atomic E-state index is 0.349. The van der Waals surface area contributed by atoms with Crippen molar-refractivity contribution >= 4 is 23.2 Å². The Kier molecular flexibility index (Phi) is 4.58. The SMILES string of the molecule is COc1c(C(O)Cc2cc(Cl)ccc2Cl)c(C)nn1C. The van der Waals surface area contributed by atoms with Crippen LogP contribution in [0.2, 0.25) is 10.0 Å². The van der Waals surface area contributed by atoms with Crippen LogP contribution < -0.4 is 4.74 Å². The predicted octanol–water partition coefficient (Wildman–Crippen LogP) is 3.32. The monoisotopic (exact) mass is 314 g/mol. The van der Waals surface area contributed by atoms with Crippen LogP contribution in [-0.4, -0.2) is 22.0 Å². The van der Waals surface area contributed by atoms with Crippen LogP contribution in [0.15, 0.2) is 18.2 Å². The Bertz CT molecular complexity index is 626. The summed E-state index contributed by atoms with van der Waals surface area (Å²) in [6.45, 7) is 1.83. The number of aryl methyl sites for hydroxylation is 2. The zero-order chi connectivity index (χ0) is 14.9. The molecule has 1 N–H and O–H groups in total. The molecule has 0 aliphatic rings. The molecule has 0 aliphatic heterocycles. The minimum atomic E-state index is -0.755. The lowest BCUT2D eigenvalue weighted by Crippen LogP contribution is -2.05. The Hall–Kier alpha value is -1.23. The Morgan fingerprint density at radius 1 is 1.40 bits per heavy atom.